The number of hydrogen-bond acceptors (Lipinski definition) is 4. The molecule has 1 aliphatic heterocycles. The van der Waals surface area contributed by atoms with Crippen LogP contribution < -0.4 is 5.32 Å². The van der Waals surface area contributed by atoms with Crippen molar-refractivity contribution in [3.05, 3.63) is 41.1 Å². The predicted octanol–water partition coefficient (Wildman–Crippen LogP) is 2.85. The number of aryl methyl sites for hydroxylation is 3. The van der Waals surface area contributed by atoms with Crippen LogP contribution in [-0.2, 0) is 7.05 Å². The first-order chi connectivity index (χ1) is 13.7. The maximum atomic E-state index is 12.8. The first kappa shape index (κ1) is 21.5. The third kappa shape index (κ3) is 4.87. The van der Waals surface area contributed by atoms with Crippen LogP contribution >= 0.6 is 0 Å². The molecule has 1 aromatic carbocycles. The minimum absolute atomic E-state index is 0.0822. The van der Waals surface area contributed by atoms with Crippen molar-refractivity contribution >= 4 is 5.91 Å². The third-order valence-corrected chi connectivity index (χ3v) is 6.27. The van der Waals surface area contributed by atoms with Crippen LogP contribution in [0.1, 0.15) is 42.4 Å². The molecule has 1 amide bonds. The highest BCUT2D eigenvalue weighted by molar-refractivity contribution is 5.93. The van der Waals surface area contributed by atoms with E-state index in [1.165, 1.54) is 11.1 Å². The second-order valence-electron chi connectivity index (χ2n) is 8.75. The smallest absolute Gasteiger partial charge is 0.271 e. The molecule has 1 N–H and O–H groups in total. The lowest BCUT2D eigenvalue weighted by atomic mass is 10.0. The molecule has 158 valence electrons. The largest absolute Gasteiger partial charge is 0.349 e. The van der Waals surface area contributed by atoms with E-state index in [4.69, 9.17) is 0 Å². The Morgan fingerprint density at radius 1 is 1.10 bits per heavy atom. The number of rotatable bonds is 6. The highest BCUT2D eigenvalue weighted by atomic mass is 16.2. The second-order valence-corrected chi connectivity index (χ2v) is 8.75. The van der Waals surface area contributed by atoms with Crippen LogP contribution in [0.25, 0.3) is 11.3 Å². The lowest BCUT2D eigenvalue weighted by Crippen LogP contribution is -2.58. The Hall–Kier alpha value is -2.18. The maximum absolute atomic E-state index is 12.8. The summed E-state index contributed by atoms with van der Waals surface area (Å²) < 4.78 is 1.79. The van der Waals surface area contributed by atoms with Crippen LogP contribution in [-0.4, -0.2) is 70.3 Å². The van der Waals surface area contributed by atoms with Gasteiger partial charge in [0.1, 0.15) is 0 Å². The van der Waals surface area contributed by atoms with Crippen molar-refractivity contribution in [2.45, 2.75) is 40.2 Å². The van der Waals surface area contributed by atoms with Crippen molar-refractivity contribution in [1.29, 1.82) is 0 Å². The van der Waals surface area contributed by atoms with Crippen LogP contribution in [0, 0.1) is 13.8 Å². The van der Waals surface area contributed by atoms with Gasteiger partial charge in [-0.25, -0.2) is 0 Å². The van der Waals surface area contributed by atoms with Gasteiger partial charge in [0.25, 0.3) is 5.91 Å². The van der Waals surface area contributed by atoms with Crippen molar-refractivity contribution in [1.82, 2.24) is 24.9 Å². The average molecular weight is 398 g/mol. The molecule has 0 atom stereocenters. The first-order valence-corrected chi connectivity index (χ1v) is 10.6. The van der Waals surface area contributed by atoms with Gasteiger partial charge in [-0.1, -0.05) is 19.1 Å². The molecule has 0 bridgehead atoms. The Morgan fingerprint density at radius 3 is 2.41 bits per heavy atom. The molecule has 1 saturated heterocycles. The molecule has 0 saturated carbocycles. The fourth-order valence-corrected chi connectivity index (χ4v) is 3.92. The number of carbonyl (C=O) groups is 1. The van der Waals surface area contributed by atoms with Gasteiger partial charge in [-0.3, -0.25) is 14.4 Å². The molecule has 6 nitrogen and oxygen atoms in total. The monoisotopic (exact) mass is 397 g/mol. The van der Waals surface area contributed by atoms with Gasteiger partial charge in [-0.15, -0.1) is 0 Å². The van der Waals surface area contributed by atoms with E-state index in [1.807, 2.05) is 13.1 Å². The van der Waals surface area contributed by atoms with Gasteiger partial charge < -0.3 is 10.2 Å². The summed E-state index contributed by atoms with van der Waals surface area (Å²) >= 11 is 0. The van der Waals surface area contributed by atoms with E-state index in [9.17, 15) is 4.79 Å². The normalized spacial score (nSPS) is 16.2. The molecule has 1 aliphatic rings. The van der Waals surface area contributed by atoms with Crippen LogP contribution in [0.15, 0.2) is 24.3 Å². The Labute approximate surface area is 174 Å². The molecule has 2 aromatic rings. The lowest BCUT2D eigenvalue weighted by Gasteiger charge is -2.44. The van der Waals surface area contributed by atoms with E-state index >= 15 is 0 Å². The van der Waals surface area contributed by atoms with E-state index < -0.39 is 0 Å². The molecule has 0 aliphatic carbocycles. The Balaban J connectivity index is 1.64. The van der Waals surface area contributed by atoms with Crippen LogP contribution in [0.3, 0.4) is 0 Å². The molecular weight excluding hydrogens is 362 g/mol. The summed E-state index contributed by atoms with van der Waals surface area (Å²) in [6.07, 6.45) is 0. The summed E-state index contributed by atoms with van der Waals surface area (Å²) in [5.74, 6) is -0.115. The molecule has 29 heavy (non-hydrogen) atoms. The highest BCUT2D eigenvalue weighted by Crippen LogP contribution is 2.23. The van der Waals surface area contributed by atoms with Crippen LogP contribution in [0.5, 0.6) is 0 Å². The quantitative estimate of drug-likeness (QED) is 0.814. The molecule has 0 radical (unpaired) electrons. The summed E-state index contributed by atoms with van der Waals surface area (Å²) in [4.78, 5) is 17.7. The Bertz CT molecular complexity index is 862. The number of carbonyl (C=O) groups excluding carboxylic acids is 1. The summed E-state index contributed by atoms with van der Waals surface area (Å²) in [5.41, 5.74) is 4.91. The van der Waals surface area contributed by atoms with Crippen LogP contribution in [0.4, 0.5) is 0 Å². The number of nitrogens with zero attached hydrogens (tertiary/aromatic N) is 4. The molecule has 3 rings (SSSR count). The van der Waals surface area contributed by atoms with Gasteiger partial charge in [0.05, 0.1) is 5.69 Å². The number of aromatic nitrogens is 2. The van der Waals surface area contributed by atoms with E-state index in [1.54, 1.807) is 4.68 Å². The van der Waals surface area contributed by atoms with Crippen molar-refractivity contribution in [3.8, 4) is 11.3 Å². The van der Waals surface area contributed by atoms with Crippen molar-refractivity contribution in [2.24, 2.45) is 7.05 Å². The summed E-state index contributed by atoms with van der Waals surface area (Å²) in [6.45, 7) is 16.8. The van der Waals surface area contributed by atoms with E-state index in [-0.39, 0.29) is 11.4 Å². The molecule has 1 aromatic heterocycles. The van der Waals surface area contributed by atoms with Crippen molar-refractivity contribution < 1.29 is 4.79 Å². The van der Waals surface area contributed by atoms with E-state index in [0.717, 1.165) is 44.0 Å². The minimum Gasteiger partial charge on any atom is -0.349 e. The van der Waals surface area contributed by atoms with Gasteiger partial charge in [0, 0.05) is 50.9 Å². The van der Waals surface area contributed by atoms with Crippen molar-refractivity contribution in [3.63, 3.8) is 0 Å². The number of benzene rings is 1. The topological polar surface area (TPSA) is 53.4 Å². The third-order valence-electron chi connectivity index (χ3n) is 6.27. The first-order valence-electron chi connectivity index (χ1n) is 10.6. The number of piperazine rings is 1. The van der Waals surface area contributed by atoms with Gasteiger partial charge in [-0.05, 0) is 57.5 Å². The summed E-state index contributed by atoms with van der Waals surface area (Å²) in [5, 5.41) is 7.56. The van der Waals surface area contributed by atoms with E-state index in [2.05, 4.69) is 73.0 Å². The molecule has 2 heterocycles. The molecule has 0 spiro atoms. The van der Waals surface area contributed by atoms with Crippen LogP contribution in [0.2, 0.25) is 0 Å². The zero-order chi connectivity index (χ0) is 21.2. The average Bonchev–Trinajstić information content (AvgIpc) is 3.10. The standard InChI is InChI=1S/C23H35N5O/c1-7-27-10-12-28(13-11-27)23(4,5)16-24-22(29)20-15-21(26(6)25-20)19-9-8-17(2)18(3)14-19/h8-9,14-15H,7,10-13,16H2,1-6H3,(H,24,29). The van der Waals surface area contributed by atoms with Gasteiger partial charge in [0.2, 0.25) is 0 Å². The van der Waals surface area contributed by atoms with Gasteiger partial charge in [-0.2, -0.15) is 5.10 Å². The number of likely N-dealkylation sites (N-methyl/N-ethyl adjacent to an activating group) is 1. The number of hydrogen-bond donors (Lipinski definition) is 1. The molecule has 0 unspecified atom stereocenters. The zero-order valence-electron chi connectivity index (χ0n) is 18.7. The molecular formula is C23H35N5O. The number of nitrogens with one attached hydrogen (secondary N) is 1. The Morgan fingerprint density at radius 2 is 1.79 bits per heavy atom. The summed E-state index contributed by atoms with van der Waals surface area (Å²) in [7, 11) is 1.89. The summed E-state index contributed by atoms with van der Waals surface area (Å²) in [6, 6.07) is 8.22. The van der Waals surface area contributed by atoms with Gasteiger partial charge >= 0.3 is 0 Å². The minimum atomic E-state index is -0.115. The lowest BCUT2D eigenvalue weighted by molar-refractivity contribution is 0.0520. The maximum Gasteiger partial charge on any atom is 0.271 e. The van der Waals surface area contributed by atoms with Gasteiger partial charge in [0.15, 0.2) is 5.69 Å². The van der Waals surface area contributed by atoms with E-state index in [0.29, 0.717) is 12.2 Å². The second kappa shape index (κ2) is 8.67. The fourth-order valence-electron chi connectivity index (χ4n) is 3.92. The zero-order valence-corrected chi connectivity index (χ0v) is 18.7. The SMILES string of the molecule is CCN1CCN(C(C)(C)CNC(=O)c2cc(-c3ccc(C)c(C)c3)n(C)n2)CC1. The molecule has 1 fully saturated rings. The molecule has 6 heteroatoms. The van der Waals surface area contributed by atoms with Crippen molar-refractivity contribution in [2.75, 3.05) is 39.3 Å². The fraction of sp³-hybridized carbons (Fsp3) is 0.565. The number of amides is 1. The Kier molecular flexibility index (Phi) is 6.44. The predicted molar refractivity (Wildman–Crippen MR) is 118 cm³/mol. The highest BCUT2D eigenvalue weighted by Gasteiger charge is 2.30.